The van der Waals surface area contributed by atoms with Gasteiger partial charge in [0.05, 0.1) is 29.4 Å². The quantitative estimate of drug-likeness (QED) is 0.401. The average Bonchev–Trinajstić information content (AvgIpc) is 2.88. The minimum atomic E-state index is -1.25. The van der Waals surface area contributed by atoms with Crippen LogP contribution in [0.5, 0.6) is 0 Å². The first kappa shape index (κ1) is 24.4. The third kappa shape index (κ3) is 4.91. The Balaban J connectivity index is 1.50. The number of nitro benzene ring substituents is 1. The fourth-order valence-corrected chi connectivity index (χ4v) is 4.44. The lowest BCUT2D eigenvalue weighted by molar-refractivity contribution is -0.384. The zero-order chi connectivity index (χ0) is 25.2. The molecule has 2 heterocycles. The summed E-state index contributed by atoms with van der Waals surface area (Å²) in [5.41, 5.74) is 0.753. The van der Waals surface area contributed by atoms with Gasteiger partial charge in [-0.3, -0.25) is 19.8 Å². The van der Waals surface area contributed by atoms with Gasteiger partial charge in [0.15, 0.2) is 0 Å². The highest BCUT2D eigenvalue weighted by Gasteiger charge is 2.35. The molecule has 2 aromatic carbocycles. The van der Waals surface area contributed by atoms with Gasteiger partial charge < -0.3 is 25.2 Å². The Kier molecular flexibility index (Phi) is 6.90. The van der Waals surface area contributed by atoms with Crippen molar-refractivity contribution in [3.8, 4) is 0 Å². The highest BCUT2D eigenvalue weighted by Crippen LogP contribution is 2.35. The Morgan fingerprint density at radius 3 is 2.51 bits per heavy atom. The number of cyclic esters (lactones) is 1. The van der Waals surface area contributed by atoms with E-state index in [0.717, 1.165) is 11.3 Å². The van der Waals surface area contributed by atoms with Gasteiger partial charge in [-0.1, -0.05) is 18.2 Å². The number of fused-ring (bicyclic) bond motifs is 1. The van der Waals surface area contributed by atoms with Crippen LogP contribution in [0.1, 0.15) is 35.7 Å². The van der Waals surface area contributed by atoms with Crippen molar-refractivity contribution in [3.63, 3.8) is 0 Å². The molecule has 3 N–H and O–H groups in total. The maximum Gasteiger partial charge on any atom is 0.414 e. The van der Waals surface area contributed by atoms with Crippen LogP contribution < -0.4 is 15.1 Å². The number of hydrogen-bond donors (Lipinski definition) is 3. The third-order valence-electron chi connectivity index (χ3n) is 6.52. The second kappa shape index (κ2) is 9.88. The van der Waals surface area contributed by atoms with Crippen LogP contribution in [0.25, 0.3) is 0 Å². The number of nitro groups is 1. The van der Waals surface area contributed by atoms with E-state index >= 15 is 0 Å². The minimum Gasteiger partial charge on any atom is -0.444 e. The van der Waals surface area contributed by atoms with E-state index < -0.39 is 29.6 Å². The molecule has 11 heteroatoms. The molecule has 0 aromatic heterocycles. The largest absolute Gasteiger partial charge is 0.444 e. The third-order valence-corrected chi connectivity index (χ3v) is 6.52. The molecule has 2 amide bonds. The lowest BCUT2D eigenvalue weighted by atomic mass is 9.99. The molecule has 35 heavy (non-hydrogen) atoms. The predicted molar refractivity (Wildman–Crippen MR) is 127 cm³/mol. The zero-order valence-corrected chi connectivity index (χ0v) is 19.3. The monoisotopic (exact) mass is 484 g/mol. The van der Waals surface area contributed by atoms with Crippen molar-refractivity contribution in [1.29, 1.82) is 0 Å². The summed E-state index contributed by atoms with van der Waals surface area (Å²) in [6.07, 6.45) is 0.795. The summed E-state index contributed by atoms with van der Waals surface area (Å²) in [7, 11) is 0. The number of amides is 2. The Morgan fingerprint density at radius 2 is 1.86 bits per heavy atom. The first-order chi connectivity index (χ1) is 16.8. The van der Waals surface area contributed by atoms with Gasteiger partial charge in [0, 0.05) is 36.3 Å². The van der Waals surface area contributed by atoms with E-state index in [1.807, 2.05) is 29.2 Å². The minimum absolute atomic E-state index is 0.0520. The van der Waals surface area contributed by atoms with E-state index in [9.17, 15) is 29.9 Å². The first-order valence-electron chi connectivity index (χ1n) is 11.4. The van der Waals surface area contributed by atoms with Crippen molar-refractivity contribution >= 4 is 29.1 Å². The summed E-state index contributed by atoms with van der Waals surface area (Å²) in [5, 5.41) is 33.1. The van der Waals surface area contributed by atoms with Gasteiger partial charge in [-0.15, -0.1) is 0 Å². The van der Waals surface area contributed by atoms with E-state index in [2.05, 4.69) is 5.32 Å². The molecule has 1 fully saturated rings. The fourth-order valence-electron chi connectivity index (χ4n) is 4.44. The van der Waals surface area contributed by atoms with Crippen LogP contribution in [-0.4, -0.2) is 65.0 Å². The number of carbonyl (C=O) groups is 2. The number of ether oxygens (including phenoxy) is 1. The molecule has 4 rings (SSSR count). The molecule has 0 spiro atoms. The SMILES string of the molecule is CC(CO)(CO)NC(=O)c1ccc(N2CCC(N3C(=O)OCc4ccccc43)CC2)c([N+](=O)[O-])c1. The number of nitrogens with one attached hydrogen (secondary N) is 1. The molecular weight excluding hydrogens is 456 g/mol. The van der Waals surface area contributed by atoms with Crippen molar-refractivity contribution in [2.24, 2.45) is 0 Å². The van der Waals surface area contributed by atoms with Crippen LogP contribution in [0.15, 0.2) is 42.5 Å². The predicted octanol–water partition coefficient (Wildman–Crippen LogP) is 2.19. The average molecular weight is 485 g/mol. The molecule has 2 aliphatic rings. The van der Waals surface area contributed by atoms with Crippen LogP contribution in [-0.2, 0) is 11.3 Å². The fraction of sp³-hybridized carbons (Fsp3) is 0.417. The lowest BCUT2D eigenvalue weighted by Crippen LogP contribution is -2.51. The van der Waals surface area contributed by atoms with E-state index in [1.54, 1.807) is 4.90 Å². The molecule has 0 aliphatic carbocycles. The zero-order valence-electron chi connectivity index (χ0n) is 19.3. The van der Waals surface area contributed by atoms with Crippen LogP contribution in [0.3, 0.4) is 0 Å². The maximum absolute atomic E-state index is 12.6. The van der Waals surface area contributed by atoms with Crippen molar-refractivity contribution in [2.75, 3.05) is 36.1 Å². The number of anilines is 2. The summed E-state index contributed by atoms with van der Waals surface area (Å²) >= 11 is 0. The number of nitrogens with zero attached hydrogens (tertiary/aromatic N) is 3. The lowest BCUT2D eigenvalue weighted by Gasteiger charge is -2.40. The molecule has 0 saturated carbocycles. The highest BCUT2D eigenvalue weighted by atomic mass is 16.6. The molecule has 186 valence electrons. The molecule has 2 aliphatic heterocycles. The number of benzene rings is 2. The van der Waals surface area contributed by atoms with Gasteiger partial charge in [-0.05, 0) is 38.0 Å². The van der Waals surface area contributed by atoms with Crippen LogP contribution in [0.2, 0.25) is 0 Å². The second-order valence-corrected chi connectivity index (χ2v) is 9.06. The van der Waals surface area contributed by atoms with Gasteiger partial charge in [0.1, 0.15) is 12.3 Å². The van der Waals surface area contributed by atoms with Crippen LogP contribution >= 0.6 is 0 Å². The summed E-state index contributed by atoms with van der Waals surface area (Å²) in [5.74, 6) is -0.633. The first-order valence-corrected chi connectivity index (χ1v) is 11.4. The van der Waals surface area contributed by atoms with Crippen molar-refractivity contribution in [2.45, 2.75) is 38.0 Å². The molecular formula is C24H28N4O7. The van der Waals surface area contributed by atoms with E-state index in [-0.39, 0.29) is 30.0 Å². The number of para-hydroxylation sites is 1. The molecule has 0 atom stereocenters. The number of aliphatic hydroxyl groups excluding tert-OH is 2. The van der Waals surface area contributed by atoms with Gasteiger partial charge in [0.25, 0.3) is 11.6 Å². The van der Waals surface area contributed by atoms with E-state index in [4.69, 9.17) is 4.74 Å². The van der Waals surface area contributed by atoms with Crippen molar-refractivity contribution in [1.82, 2.24) is 5.32 Å². The van der Waals surface area contributed by atoms with Gasteiger partial charge in [-0.2, -0.15) is 0 Å². The van der Waals surface area contributed by atoms with Gasteiger partial charge in [-0.25, -0.2) is 4.79 Å². The molecule has 11 nitrogen and oxygen atoms in total. The van der Waals surface area contributed by atoms with Crippen molar-refractivity contribution in [3.05, 3.63) is 63.7 Å². The number of aliphatic hydroxyl groups is 2. The molecule has 0 unspecified atom stereocenters. The molecule has 2 aromatic rings. The van der Waals surface area contributed by atoms with Crippen LogP contribution in [0.4, 0.5) is 21.9 Å². The van der Waals surface area contributed by atoms with E-state index in [0.29, 0.717) is 31.6 Å². The Morgan fingerprint density at radius 1 is 1.17 bits per heavy atom. The molecule has 1 saturated heterocycles. The number of hydrogen-bond acceptors (Lipinski definition) is 8. The smallest absolute Gasteiger partial charge is 0.414 e. The molecule has 0 radical (unpaired) electrons. The summed E-state index contributed by atoms with van der Waals surface area (Å²) < 4.78 is 5.33. The van der Waals surface area contributed by atoms with Gasteiger partial charge >= 0.3 is 6.09 Å². The number of piperidine rings is 1. The van der Waals surface area contributed by atoms with Crippen LogP contribution in [0, 0.1) is 10.1 Å². The summed E-state index contributed by atoms with van der Waals surface area (Å²) in [6, 6.07) is 11.7. The number of rotatable bonds is 7. The Bertz CT molecular complexity index is 1130. The Labute approximate surface area is 202 Å². The van der Waals surface area contributed by atoms with Gasteiger partial charge in [0.2, 0.25) is 0 Å². The summed E-state index contributed by atoms with van der Waals surface area (Å²) in [4.78, 5) is 39.9. The topological polar surface area (TPSA) is 145 Å². The van der Waals surface area contributed by atoms with E-state index in [1.165, 1.54) is 25.1 Å². The summed E-state index contributed by atoms with van der Waals surface area (Å²) in [6.45, 7) is 1.70. The molecule has 0 bridgehead atoms. The second-order valence-electron chi connectivity index (χ2n) is 9.06. The maximum atomic E-state index is 12.6. The normalized spacial score (nSPS) is 16.5. The number of carbonyl (C=O) groups excluding carboxylic acids is 2. The highest BCUT2D eigenvalue weighted by molar-refractivity contribution is 5.96. The Hall–Kier alpha value is -3.70. The van der Waals surface area contributed by atoms with Crippen molar-refractivity contribution < 1.29 is 29.5 Å². The standard InChI is InChI=1S/C24H28N4O7/c1-24(14-29,15-30)25-22(31)16-6-7-20(21(12-16)28(33)34)26-10-8-18(9-11-26)27-19-5-3-2-4-17(19)13-35-23(27)32/h2-7,12,18,29-30H,8-11,13-15H2,1H3,(H,25,31).